The van der Waals surface area contributed by atoms with Gasteiger partial charge in [-0.1, -0.05) is 0 Å². The predicted octanol–water partition coefficient (Wildman–Crippen LogP) is 2.15. The number of ketones is 1. The van der Waals surface area contributed by atoms with Crippen molar-refractivity contribution in [2.45, 2.75) is 94.8 Å². The Hall–Kier alpha value is -1.77. The zero-order valence-electron chi connectivity index (χ0n) is 25.0. The maximum atomic E-state index is 13.5. The van der Waals surface area contributed by atoms with Crippen molar-refractivity contribution in [3.63, 3.8) is 0 Å². The van der Waals surface area contributed by atoms with E-state index >= 15 is 0 Å². The number of aromatic nitrogens is 4. The number of rotatable bonds is 5. The molecule has 0 radical (unpaired) electrons. The van der Waals surface area contributed by atoms with Crippen molar-refractivity contribution in [1.82, 2.24) is 25.0 Å². The molecule has 0 atom stereocenters. The van der Waals surface area contributed by atoms with Crippen molar-refractivity contribution in [2.75, 3.05) is 14.2 Å². The van der Waals surface area contributed by atoms with Crippen LogP contribution in [-0.4, -0.2) is 85.7 Å². The first-order valence-corrected chi connectivity index (χ1v) is 12.8. The Morgan fingerprint density at radius 2 is 1.05 bits per heavy atom. The Morgan fingerprint density at radius 1 is 0.738 bits per heavy atom. The van der Waals surface area contributed by atoms with Crippen LogP contribution in [-0.2, 0) is 25.3 Å². The number of Topliss-reactive ketones (excluding diaryl/α,β-unsaturated/α-hetero) is 1. The molecular formula is C28H38BrF4MgN5O3. The summed E-state index contributed by atoms with van der Waals surface area (Å²) in [6.07, 6.45) is 5.57. The third-order valence-corrected chi connectivity index (χ3v) is 7.98. The van der Waals surface area contributed by atoms with E-state index in [-0.39, 0.29) is 111 Å². The van der Waals surface area contributed by atoms with Gasteiger partial charge < -0.3 is 24.4 Å². The Morgan fingerprint density at radius 3 is 1.36 bits per heavy atom. The van der Waals surface area contributed by atoms with Crippen LogP contribution in [0.4, 0.5) is 17.6 Å². The molecule has 0 bridgehead atoms. The Labute approximate surface area is 271 Å². The normalized spacial score (nSPS) is 19.3. The number of hydrogen-bond donors (Lipinski definition) is 0. The second-order valence-electron chi connectivity index (χ2n) is 10.5. The first kappa shape index (κ1) is 40.2. The molecule has 14 heteroatoms. The minimum Gasteiger partial charge on any atom is -1.00 e. The number of halogens is 5. The summed E-state index contributed by atoms with van der Waals surface area (Å²) in [5, 5.41) is 1.09. The van der Waals surface area contributed by atoms with Gasteiger partial charge >= 0.3 is 23.1 Å². The standard InChI is InChI=1S/C14H19F2N3O2.C13H16F2N2O.CH3.BrH.Mg/c1-10-17-8-11(9-18-10)13(12(20)19(2)21-3)4-6-14(15,16)7-5-13;1-9(18)12(3-5-13(14,15)6-4-12)11-7-16-10(2)17-8-11;;;/h8-9H,4-7H2,1-3H3;7-8H,3-6H2,1-2H3;1H3;1H;/q;;-1;;+2/p-1. The van der Waals surface area contributed by atoms with Crippen molar-refractivity contribution in [1.29, 1.82) is 0 Å². The van der Waals surface area contributed by atoms with Crippen molar-refractivity contribution in [2.24, 2.45) is 0 Å². The first-order valence-electron chi connectivity index (χ1n) is 12.8. The SMILES string of the molecule is CC(=O)C1(c2cnc(C)nc2)CCC(F)(F)CC1.CON(C)C(=O)C1(c2cnc(C)nc2)CCC(F)(F)CC1.[Br-].[CH3-].[Mg+2]. The fraction of sp³-hybridized carbons (Fsp3) is 0.607. The van der Waals surface area contributed by atoms with Crippen molar-refractivity contribution >= 4 is 34.7 Å². The zero-order valence-corrected chi connectivity index (χ0v) is 28.0. The number of aryl methyl sites for hydroxylation is 2. The van der Waals surface area contributed by atoms with Gasteiger partial charge in [0.2, 0.25) is 11.8 Å². The molecule has 1 amide bonds. The van der Waals surface area contributed by atoms with Crippen LogP contribution in [0.3, 0.4) is 0 Å². The largest absolute Gasteiger partial charge is 2.00 e. The van der Waals surface area contributed by atoms with Gasteiger partial charge in [0, 0.05) is 68.6 Å². The van der Waals surface area contributed by atoms with E-state index in [2.05, 4.69) is 19.9 Å². The minimum atomic E-state index is -2.72. The van der Waals surface area contributed by atoms with Crippen LogP contribution in [0.25, 0.3) is 0 Å². The van der Waals surface area contributed by atoms with Gasteiger partial charge in [-0.25, -0.2) is 42.6 Å². The van der Waals surface area contributed by atoms with E-state index in [0.29, 0.717) is 22.8 Å². The van der Waals surface area contributed by atoms with Crippen LogP contribution in [0.15, 0.2) is 24.8 Å². The van der Waals surface area contributed by atoms with Crippen LogP contribution in [0, 0.1) is 21.3 Å². The average molecular weight is 673 g/mol. The number of carbonyl (C=O) groups is 2. The van der Waals surface area contributed by atoms with Gasteiger partial charge in [0.05, 0.1) is 17.9 Å². The third-order valence-electron chi connectivity index (χ3n) is 7.98. The van der Waals surface area contributed by atoms with Gasteiger partial charge in [-0.2, -0.15) is 0 Å². The van der Waals surface area contributed by atoms with Crippen LogP contribution in [0.2, 0.25) is 0 Å². The number of alkyl halides is 4. The molecular weight excluding hydrogens is 635 g/mol. The molecule has 4 rings (SSSR count). The summed E-state index contributed by atoms with van der Waals surface area (Å²) in [7, 11) is 2.85. The summed E-state index contributed by atoms with van der Waals surface area (Å²) < 4.78 is 53.5. The van der Waals surface area contributed by atoms with E-state index in [9.17, 15) is 27.2 Å². The Kier molecular flexibility index (Phi) is 15.1. The van der Waals surface area contributed by atoms with Crippen molar-refractivity contribution < 1.29 is 49.0 Å². The van der Waals surface area contributed by atoms with E-state index in [4.69, 9.17) is 4.84 Å². The van der Waals surface area contributed by atoms with E-state index in [1.807, 2.05) is 0 Å². The molecule has 42 heavy (non-hydrogen) atoms. The van der Waals surface area contributed by atoms with Gasteiger partial charge in [-0.05, 0) is 46.5 Å². The summed E-state index contributed by atoms with van der Waals surface area (Å²) >= 11 is 0. The first-order chi connectivity index (χ1) is 18.2. The van der Waals surface area contributed by atoms with Crippen molar-refractivity contribution in [3.05, 3.63) is 55.0 Å². The van der Waals surface area contributed by atoms with Crippen LogP contribution >= 0.6 is 0 Å². The molecule has 2 fully saturated rings. The number of hydrogen-bond acceptors (Lipinski definition) is 7. The summed E-state index contributed by atoms with van der Waals surface area (Å²) in [6.45, 7) is 4.94. The van der Waals surface area contributed by atoms with Gasteiger partial charge in [0.1, 0.15) is 17.4 Å². The summed E-state index contributed by atoms with van der Waals surface area (Å²) in [4.78, 5) is 45.8. The smallest absolute Gasteiger partial charge is 1.00 e. The predicted molar refractivity (Wildman–Crippen MR) is 146 cm³/mol. The maximum Gasteiger partial charge on any atom is 2.00 e. The minimum absolute atomic E-state index is 0. The number of carbonyl (C=O) groups excluding carboxylic acids is 2. The average Bonchev–Trinajstić information content (AvgIpc) is 2.90. The van der Waals surface area contributed by atoms with Crippen LogP contribution in [0.5, 0.6) is 0 Å². The molecule has 0 saturated heterocycles. The fourth-order valence-corrected chi connectivity index (χ4v) is 5.22. The summed E-state index contributed by atoms with van der Waals surface area (Å²) in [6, 6.07) is 0. The number of amides is 1. The molecule has 0 N–H and O–H groups in total. The fourth-order valence-electron chi connectivity index (χ4n) is 5.22. The molecule has 8 nitrogen and oxygen atoms in total. The third kappa shape index (κ3) is 9.12. The Bertz CT molecular complexity index is 1150. The number of likely N-dealkylation sites (N-methyl/N-ethyl adjacent to an activating group) is 1. The van der Waals surface area contributed by atoms with Gasteiger partial charge in [0.25, 0.3) is 5.91 Å². The van der Waals surface area contributed by atoms with Crippen LogP contribution < -0.4 is 17.0 Å². The molecule has 2 heterocycles. The molecule has 2 aliphatic carbocycles. The molecule has 0 unspecified atom stereocenters. The van der Waals surface area contributed by atoms with Crippen molar-refractivity contribution in [3.8, 4) is 0 Å². The van der Waals surface area contributed by atoms with Gasteiger partial charge in [0.15, 0.2) is 0 Å². The van der Waals surface area contributed by atoms with Gasteiger partial charge in [-0.3, -0.25) is 14.4 Å². The monoisotopic (exact) mass is 671 g/mol. The van der Waals surface area contributed by atoms with Crippen LogP contribution in [0.1, 0.15) is 81.1 Å². The molecule has 0 spiro atoms. The summed E-state index contributed by atoms with van der Waals surface area (Å²) in [5.74, 6) is -4.61. The zero-order chi connectivity index (χ0) is 29.1. The van der Waals surface area contributed by atoms with E-state index in [0.717, 1.165) is 5.06 Å². The second-order valence-corrected chi connectivity index (χ2v) is 10.5. The number of nitrogens with zero attached hydrogens (tertiary/aromatic N) is 5. The molecule has 2 aliphatic rings. The second kappa shape index (κ2) is 15.8. The molecule has 230 valence electrons. The van der Waals surface area contributed by atoms with E-state index < -0.39 is 22.7 Å². The molecule has 2 saturated carbocycles. The van der Waals surface area contributed by atoms with E-state index in [1.54, 1.807) is 38.6 Å². The number of hydroxylamine groups is 2. The summed E-state index contributed by atoms with van der Waals surface area (Å²) in [5.41, 5.74) is -0.635. The molecule has 0 aliphatic heterocycles. The Balaban J connectivity index is 0.000000754. The maximum absolute atomic E-state index is 13.5. The van der Waals surface area contributed by atoms with E-state index in [1.165, 1.54) is 21.1 Å². The quantitative estimate of drug-likeness (QED) is 0.208. The topological polar surface area (TPSA) is 98.2 Å². The molecule has 0 aromatic carbocycles. The molecule has 2 aromatic rings. The molecule has 2 aromatic heterocycles. The van der Waals surface area contributed by atoms with Gasteiger partial charge in [-0.15, -0.1) is 0 Å².